The second-order valence-corrected chi connectivity index (χ2v) is 3.26. The lowest BCUT2D eigenvalue weighted by atomic mass is 9.96. The van der Waals surface area contributed by atoms with Gasteiger partial charge >= 0.3 is 0 Å². The number of hydrogen-bond acceptors (Lipinski definition) is 2. The summed E-state index contributed by atoms with van der Waals surface area (Å²) in [6.07, 6.45) is 0. The molecule has 0 aromatic rings. The third kappa shape index (κ3) is 1.27. The van der Waals surface area contributed by atoms with Crippen LogP contribution in [0.2, 0.25) is 0 Å². The highest BCUT2D eigenvalue weighted by atomic mass is 16.2. The first-order valence-corrected chi connectivity index (χ1v) is 3.90. The standard InChI is InChI=1S/C8H14N2O/c1-5(2)7-6(3)8(11)10(4)9-7/h5-6H,1-4H3. The Bertz CT molecular complexity index is 208. The molecule has 1 atom stereocenters. The Morgan fingerprint density at radius 3 is 2.27 bits per heavy atom. The van der Waals surface area contributed by atoms with Gasteiger partial charge in [-0.15, -0.1) is 0 Å². The number of rotatable bonds is 1. The van der Waals surface area contributed by atoms with E-state index in [1.54, 1.807) is 7.05 Å². The summed E-state index contributed by atoms with van der Waals surface area (Å²) in [7, 11) is 1.70. The fourth-order valence-corrected chi connectivity index (χ4v) is 1.33. The van der Waals surface area contributed by atoms with E-state index in [4.69, 9.17) is 0 Å². The van der Waals surface area contributed by atoms with Crippen molar-refractivity contribution < 1.29 is 4.79 Å². The van der Waals surface area contributed by atoms with Crippen LogP contribution in [0.3, 0.4) is 0 Å². The van der Waals surface area contributed by atoms with Crippen LogP contribution in [-0.4, -0.2) is 23.7 Å². The van der Waals surface area contributed by atoms with Gasteiger partial charge < -0.3 is 0 Å². The molecule has 1 aliphatic heterocycles. The maximum absolute atomic E-state index is 11.2. The van der Waals surface area contributed by atoms with Gasteiger partial charge in [0.15, 0.2) is 0 Å². The summed E-state index contributed by atoms with van der Waals surface area (Å²) in [4.78, 5) is 11.2. The van der Waals surface area contributed by atoms with Crippen molar-refractivity contribution >= 4 is 11.6 Å². The molecule has 0 aliphatic carbocycles. The van der Waals surface area contributed by atoms with Gasteiger partial charge in [0.25, 0.3) is 5.91 Å². The molecule has 0 radical (unpaired) electrons. The quantitative estimate of drug-likeness (QED) is 0.556. The zero-order chi connectivity index (χ0) is 8.59. The molecule has 3 nitrogen and oxygen atoms in total. The molecule has 0 bridgehead atoms. The molecular weight excluding hydrogens is 140 g/mol. The van der Waals surface area contributed by atoms with Crippen LogP contribution in [0.5, 0.6) is 0 Å². The van der Waals surface area contributed by atoms with Crippen molar-refractivity contribution in [1.29, 1.82) is 0 Å². The van der Waals surface area contributed by atoms with E-state index >= 15 is 0 Å². The molecule has 0 spiro atoms. The van der Waals surface area contributed by atoms with E-state index in [9.17, 15) is 4.79 Å². The highest BCUT2D eigenvalue weighted by molar-refractivity contribution is 6.08. The van der Waals surface area contributed by atoms with E-state index in [1.807, 2.05) is 6.92 Å². The van der Waals surface area contributed by atoms with Gasteiger partial charge in [-0.2, -0.15) is 5.10 Å². The minimum Gasteiger partial charge on any atom is -0.272 e. The third-order valence-corrected chi connectivity index (χ3v) is 1.99. The van der Waals surface area contributed by atoms with Gasteiger partial charge in [0.1, 0.15) is 0 Å². The Hall–Kier alpha value is -0.860. The third-order valence-electron chi connectivity index (χ3n) is 1.99. The lowest BCUT2D eigenvalue weighted by molar-refractivity contribution is -0.130. The van der Waals surface area contributed by atoms with Crippen LogP contribution in [0.1, 0.15) is 20.8 Å². The topological polar surface area (TPSA) is 32.7 Å². The zero-order valence-electron chi connectivity index (χ0n) is 7.46. The smallest absolute Gasteiger partial charge is 0.250 e. The average Bonchev–Trinajstić information content (AvgIpc) is 2.17. The van der Waals surface area contributed by atoms with Crippen LogP contribution in [0.25, 0.3) is 0 Å². The van der Waals surface area contributed by atoms with Gasteiger partial charge in [-0.25, -0.2) is 5.01 Å². The molecule has 11 heavy (non-hydrogen) atoms. The normalized spacial score (nSPS) is 24.8. The Morgan fingerprint density at radius 2 is 2.09 bits per heavy atom. The van der Waals surface area contributed by atoms with Crippen molar-refractivity contribution in [1.82, 2.24) is 5.01 Å². The highest BCUT2D eigenvalue weighted by Gasteiger charge is 2.30. The zero-order valence-corrected chi connectivity index (χ0v) is 7.46. The number of carbonyl (C=O) groups is 1. The van der Waals surface area contributed by atoms with Crippen molar-refractivity contribution in [3.8, 4) is 0 Å². The molecule has 0 saturated heterocycles. The van der Waals surface area contributed by atoms with Gasteiger partial charge in [0, 0.05) is 7.05 Å². The number of carbonyl (C=O) groups excluding carboxylic acids is 1. The highest BCUT2D eigenvalue weighted by Crippen LogP contribution is 2.18. The minimum absolute atomic E-state index is 0.0139. The number of amides is 1. The molecule has 1 aliphatic rings. The maximum atomic E-state index is 11.2. The summed E-state index contributed by atoms with van der Waals surface area (Å²) in [5.41, 5.74) is 0.998. The summed E-state index contributed by atoms with van der Waals surface area (Å²) >= 11 is 0. The SMILES string of the molecule is CC(C)C1=NN(C)C(=O)C1C. The monoisotopic (exact) mass is 154 g/mol. The Balaban J connectivity index is 2.83. The molecule has 3 heteroatoms. The molecule has 62 valence electrons. The minimum atomic E-state index is -0.0139. The number of nitrogens with zero attached hydrogens (tertiary/aromatic N) is 2. The molecule has 0 aromatic heterocycles. The second-order valence-electron chi connectivity index (χ2n) is 3.26. The maximum Gasteiger partial charge on any atom is 0.250 e. The predicted octanol–water partition coefficient (Wildman–Crippen LogP) is 1.11. The van der Waals surface area contributed by atoms with Gasteiger partial charge in [-0.1, -0.05) is 13.8 Å². The number of hydrazone groups is 1. The van der Waals surface area contributed by atoms with E-state index in [-0.39, 0.29) is 11.8 Å². The van der Waals surface area contributed by atoms with Gasteiger partial charge in [-0.05, 0) is 12.8 Å². The first kappa shape index (κ1) is 8.24. The van der Waals surface area contributed by atoms with Crippen molar-refractivity contribution in [2.45, 2.75) is 20.8 Å². The molecule has 1 heterocycles. The van der Waals surface area contributed by atoms with Crippen molar-refractivity contribution in [3.63, 3.8) is 0 Å². The number of hydrogen-bond donors (Lipinski definition) is 0. The first-order valence-electron chi connectivity index (χ1n) is 3.90. The van der Waals surface area contributed by atoms with Crippen LogP contribution in [0.4, 0.5) is 0 Å². The van der Waals surface area contributed by atoms with Gasteiger partial charge in [0.05, 0.1) is 11.6 Å². The predicted molar refractivity (Wildman–Crippen MR) is 44.2 cm³/mol. The lowest BCUT2D eigenvalue weighted by Crippen LogP contribution is -2.23. The largest absolute Gasteiger partial charge is 0.272 e. The van der Waals surface area contributed by atoms with E-state index in [2.05, 4.69) is 18.9 Å². The van der Waals surface area contributed by atoms with Crippen molar-refractivity contribution in [3.05, 3.63) is 0 Å². The Labute approximate surface area is 67.1 Å². The molecule has 0 fully saturated rings. The molecule has 0 N–H and O–H groups in total. The molecule has 0 aromatic carbocycles. The van der Waals surface area contributed by atoms with Crippen LogP contribution in [-0.2, 0) is 4.79 Å². The summed E-state index contributed by atoms with van der Waals surface area (Å²) in [6.45, 7) is 6.02. The van der Waals surface area contributed by atoms with E-state index in [0.29, 0.717) is 5.92 Å². The Kier molecular flexibility index (Phi) is 1.98. The summed E-state index contributed by atoms with van der Waals surface area (Å²) in [5, 5.41) is 5.58. The fraction of sp³-hybridized carbons (Fsp3) is 0.750. The average molecular weight is 154 g/mol. The van der Waals surface area contributed by atoms with Crippen LogP contribution >= 0.6 is 0 Å². The Morgan fingerprint density at radius 1 is 1.55 bits per heavy atom. The summed E-state index contributed by atoms with van der Waals surface area (Å²) in [5.74, 6) is 0.465. The fourth-order valence-electron chi connectivity index (χ4n) is 1.33. The van der Waals surface area contributed by atoms with E-state index in [1.165, 1.54) is 5.01 Å². The van der Waals surface area contributed by atoms with Crippen LogP contribution in [0, 0.1) is 11.8 Å². The second kappa shape index (κ2) is 2.64. The van der Waals surface area contributed by atoms with Crippen molar-refractivity contribution in [2.24, 2.45) is 16.9 Å². The molecular formula is C8H14N2O. The van der Waals surface area contributed by atoms with Gasteiger partial charge in [-0.3, -0.25) is 4.79 Å². The first-order chi connectivity index (χ1) is 5.04. The molecule has 0 saturated carbocycles. The molecule has 1 unspecified atom stereocenters. The van der Waals surface area contributed by atoms with Crippen LogP contribution in [0.15, 0.2) is 5.10 Å². The van der Waals surface area contributed by atoms with E-state index < -0.39 is 0 Å². The molecule has 1 amide bonds. The van der Waals surface area contributed by atoms with E-state index in [0.717, 1.165) is 5.71 Å². The lowest BCUT2D eigenvalue weighted by Gasteiger charge is -2.06. The summed E-state index contributed by atoms with van der Waals surface area (Å²) in [6, 6.07) is 0. The summed E-state index contributed by atoms with van der Waals surface area (Å²) < 4.78 is 0. The molecule has 1 rings (SSSR count). The van der Waals surface area contributed by atoms with Gasteiger partial charge in [0.2, 0.25) is 0 Å². The van der Waals surface area contributed by atoms with Crippen LogP contribution < -0.4 is 0 Å². The van der Waals surface area contributed by atoms with Crippen molar-refractivity contribution in [2.75, 3.05) is 7.05 Å².